The average Bonchev–Trinajstić information content (AvgIpc) is 3.47. The van der Waals surface area contributed by atoms with E-state index in [1.165, 1.54) is 0 Å². The SMILES string of the molecule is Cn1cc(C(=O)NCCO)c2cc(-c3ccn4nc(NC(=O)C5CC5)nc4c3)ccc21. The molecule has 3 N–H and O–H groups in total. The van der Waals surface area contributed by atoms with Crippen molar-refractivity contribution >= 4 is 34.3 Å². The Labute approximate surface area is 177 Å². The van der Waals surface area contributed by atoms with Gasteiger partial charge in [-0.05, 0) is 48.2 Å². The molecule has 1 saturated carbocycles. The molecule has 9 heteroatoms. The van der Waals surface area contributed by atoms with Gasteiger partial charge in [-0.2, -0.15) is 4.98 Å². The fraction of sp³-hybridized carbons (Fsp3) is 0.273. The molecule has 3 aromatic heterocycles. The quantitative estimate of drug-likeness (QED) is 0.443. The number of nitrogens with one attached hydrogen (secondary N) is 2. The van der Waals surface area contributed by atoms with Crippen LogP contribution in [0.1, 0.15) is 23.2 Å². The van der Waals surface area contributed by atoms with Crippen molar-refractivity contribution in [1.82, 2.24) is 24.5 Å². The molecule has 0 aliphatic heterocycles. The van der Waals surface area contributed by atoms with E-state index in [1.807, 2.05) is 41.9 Å². The van der Waals surface area contributed by atoms with Gasteiger partial charge in [-0.1, -0.05) is 6.07 Å². The van der Waals surface area contributed by atoms with Crippen LogP contribution in [0.15, 0.2) is 42.7 Å². The van der Waals surface area contributed by atoms with Crippen LogP contribution in [0.4, 0.5) is 5.95 Å². The zero-order chi connectivity index (χ0) is 21.5. The molecule has 0 bridgehead atoms. The number of aromatic nitrogens is 4. The molecular formula is C22H22N6O3. The number of benzene rings is 1. The number of rotatable bonds is 6. The zero-order valence-corrected chi connectivity index (χ0v) is 17.0. The van der Waals surface area contributed by atoms with Gasteiger partial charge in [0.05, 0.1) is 12.2 Å². The molecule has 1 aliphatic rings. The van der Waals surface area contributed by atoms with E-state index in [4.69, 9.17) is 5.11 Å². The first-order valence-electron chi connectivity index (χ1n) is 10.2. The van der Waals surface area contributed by atoms with E-state index in [9.17, 15) is 9.59 Å². The molecule has 5 rings (SSSR count). The smallest absolute Gasteiger partial charge is 0.253 e. The third-order valence-electron chi connectivity index (χ3n) is 5.49. The molecule has 0 spiro atoms. The van der Waals surface area contributed by atoms with Crippen molar-refractivity contribution in [3.05, 3.63) is 48.3 Å². The Morgan fingerprint density at radius 1 is 1.19 bits per heavy atom. The number of carbonyl (C=O) groups is 2. The van der Waals surface area contributed by atoms with Gasteiger partial charge in [-0.15, -0.1) is 5.10 Å². The molecule has 0 unspecified atom stereocenters. The highest BCUT2D eigenvalue weighted by molar-refractivity contribution is 6.08. The molecule has 2 amide bonds. The summed E-state index contributed by atoms with van der Waals surface area (Å²) < 4.78 is 3.53. The van der Waals surface area contributed by atoms with Crippen molar-refractivity contribution < 1.29 is 14.7 Å². The number of hydrogen-bond donors (Lipinski definition) is 3. The molecule has 1 aliphatic carbocycles. The van der Waals surface area contributed by atoms with Crippen LogP contribution < -0.4 is 10.6 Å². The largest absolute Gasteiger partial charge is 0.395 e. The van der Waals surface area contributed by atoms with Crippen molar-refractivity contribution in [3.8, 4) is 11.1 Å². The predicted octanol–water partition coefficient (Wildman–Crippen LogP) is 1.96. The van der Waals surface area contributed by atoms with Crippen molar-refractivity contribution in [2.75, 3.05) is 18.5 Å². The minimum atomic E-state index is -0.222. The summed E-state index contributed by atoms with van der Waals surface area (Å²) in [7, 11) is 1.89. The standard InChI is InChI=1S/C22H22N6O3/c1-27-12-17(21(31)23-7-9-29)16-10-14(4-5-18(16)27)15-6-8-28-19(11-15)24-22(26-28)25-20(30)13-2-3-13/h4-6,8,10-13,29H,2-3,7,9H2,1H3,(H,23,31)(H,25,26,30). The van der Waals surface area contributed by atoms with E-state index < -0.39 is 0 Å². The minimum absolute atomic E-state index is 0.0299. The summed E-state index contributed by atoms with van der Waals surface area (Å²) in [5.41, 5.74) is 3.97. The Bertz CT molecular complexity index is 1320. The second-order valence-electron chi connectivity index (χ2n) is 7.78. The van der Waals surface area contributed by atoms with Crippen LogP contribution >= 0.6 is 0 Å². The maximum Gasteiger partial charge on any atom is 0.253 e. The lowest BCUT2D eigenvalue weighted by molar-refractivity contribution is -0.117. The lowest BCUT2D eigenvalue weighted by Gasteiger charge is -2.05. The van der Waals surface area contributed by atoms with Crippen molar-refractivity contribution in [2.24, 2.45) is 13.0 Å². The molecule has 158 valence electrons. The fourth-order valence-corrected chi connectivity index (χ4v) is 3.69. The lowest BCUT2D eigenvalue weighted by atomic mass is 10.0. The van der Waals surface area contributed by atoms with Crippen LogP contribution in [0.2, 0.25) is 0 Å². The summed E-state index contributed by atoms with van der Waals surface area (Å²) in [6.45, 7) is 0.0985. The van der Waals surface area contributed by atoms with Gasteiger partial charge in [-0.3, -0.25) is 14.9 Å². The lowest BCUT2D eigenvalue weighted by Crippen LogP contribution is -2.26. The van der Waals surface area contributed by atoms with Gasteiger partial charge in [-0.25, -0.2) is 4.52 Å². The Hall–Kier alpha value is -3.72. The number of aryl methyl sites for hydroxylation is 1. The van der Waals surface area contributed by atoms with Gasteiger partial charge in [0.25, 0.3) is 5.91 Å². The predicted molar refractivity (Wildman–Crippen MR) is 116 cm³/mol. The summed E-state index contributed by atoms with van der Waals surface area (Å²) >= 11 is 0. The number of nitrogens with zero attached hydrogens (tertiary/aromatic N) is 4. The van der Waals surface area contributed by atoms with E-state index in [2.05, 4.69) is 20.7 Å². The molecule has 1 aromatic carbocycles. The monoisotopic (exact) mass is 418 g/mol. The summed E-state index contributed by atoms with van der Waals surface area (Å²) in [6, 6.07) is 9.76. The molecule has 31 heavy (non-hydrogen) atoms. The highest BCUT2D eigenvalue weighted by Crippen LogP contribution is 2.30. The van der Waals surface area contributed by atoms with Crippen LogP contribution in [-0.2, 0) is 11.8 Å². The second-order valence-corrected chi connectivity index (χ2v) is 7.78. The summed E-state index contributed by atoms with van der Waals surface area (Å²) in [5, 5.41) is 19.6. The van der Waals surface area contributed by atoms with E-state index in [0.717, 1.165) is 34.9 Å². The van der Waals surface area contributed by atoms with E-state index >= 15 is 0 Å². The highest BCUT2D eigenvalue weighted by atomic mass is 16.3. The molecule has 9 nitrogen and oxygen atoms in total. The molecule has 1 fully saturated rings. The van der Waals surface area contributed by atoms with Crippen molar-refractivity contribution in [1.29, 1.82) is 0 Å². The van der Waals surface area contributed by atoms with Crippen LogP contribution in [0.25, 0.3) is 27.7 Å². The van der Waals surface area contributed by atoms with Gasteiger partial charge in [0.15, 0.2) is 5.65 Å². The van der Waals surface area contributed by atoms with Gasteiger partial charge >= 0.3 is 0 Å². The Morgan fingerprint density at radius 2 is 2.00 bits per heavy atom. The maximum atomic E-state index is 12.5. The number of carbonyl (C=O) groups excluding carboxylic acids is 2. The summed E-state index contributed by atoms with van der Waals surface area (Å²) in [6.07, 6.45) is 5.43. The topological polar surface area (TPSA) is 114 Å². The maximum absolute atomic E-state index is 12.5. The number of fused-ring (bicyclic) bond motifs is 2. The number of pyridine rings is 1. The first-order chi connectivity index (χ1) is 15.0. The number of aliphatic hydroxyl groups is 1. The minimum Gasteiger partial charge on any atom is -0.395 e. The van der Waals surface area contributed by atoms with Gasteiger partial charge in [0.2, 0.25) is 11.9 Å². The normalized spacial score (nSPS) is 13.6. The van der Waals surface area contributed by atoms with Crippen LogP contribution in [0, 0.1) is 5.92 Å². The highest BCUT2D eigenvalue weighted by Gasteiger charge is 2.30. The van der Waals surface area contributed by atoms with E-state index in [-0.39, 0.29) is 30.9 Å². The van der Waals surface area contributed by atoms with Gasteiger partial charge in [0, 0.05) is 42.8 Å². The Kier molecular flexibility index (Phi) is 4.67. The summed E-state index contributed by atoms with van der Waals surface area (Å²) in [4.78, 5) is 28.9. The fourth-order valence-electron chi connectivity index (χ4n) is 3.69. The van der Waals surface area contributed by atoms with Crippen molar-refractivity contribution in [2.45, 2.75) is 12.8 Å². The van der Waals surface area contributed by atoms with E-state index in [1.54, 1.807) is 16.9 Å². The van der Waals surface area contributed by atoms with Crippen LogP contribution in [-0.4, -0.2) is 49.2 Å². The third kappa shape index (κ3) is 3.64. The Balaban J connectivity index is 1.49. The number of hydrogen-bond acceptors (Lipinski definition) is 5. The molecular weight excluding hydrogens is 396 g/mol. The Morgan fingerprint density at radius 3 is 2.77 bits per heavy atom. The zero-order valence-electron chi connectivity index (χ0n) is 17.0. The van der Waals surface area contributed by atoms with Crippen LogP contribution in [0.3, 0.4) is 0 Å². The third-order valence-corrected chi connectivity index (χ3v) is 5.49. The van der Waals surface area contributed by atoms with E-state index in [0.29, 0.717) is 17.2 Å². The first kappa shape index (κ1) is 19.3. The molecule has 0 atom stereocenters. The number of aliphatic hydroxyl groups excluding tert-OH is 1. The number of anilines is 1. The average molecular weight is 418 g/mol. The summed E-state index contributed by atoms with van der Waals surface area (Å²) in [5.74, 6) is 0.136. The first-order valence-corrected chi connectivity index (χ1v) is 10.2. The second kappa shape index (κ2) is 7.51. The molecule has 4 aromatic rings. The van der Waals surface area contributed by atoms with Crippen molar-refractivity contribution in [3.63, 3.8) is 0 Å². The molecule has 3 heterocycles. The number of amides is 2. The van der Waals surface area contributed by atoms with Gasteiger partial charge < -0.3 is 15.0 Å². The van der Waals surface area contributed by atoms with Gasteiger partial charge in [0.1, 0.15) is 0 Å². The van der Waals surface area contributed by atoms with Crippen LogP contribution in [0.5, 0.6) is 0 Å². The molecule has 0 saturated heterocycles. The molecule has 0 radical (unpaired) electrons.